The van der Waals surface area contributed by atoms with Crippen molar-refractivity contribution in [1.29, 1.82) is 0 Å². The second kappa shape index (κ2) is 14.7. The number of unbranched alkanes of at least 4 members (excludes halogenated alkanes) is 2. The summed E-state index contributed by atoms with van der Waals surface area (Å²) in [7, 11) is 0. The van der Waals surface area contributed by atoms with Gasteiger partial charge in [0.1, 0.15) is 0 Å². The Labute approximate surface area is 231 Å². The molecule has 4 heteroatoms. The van der Waals surface area contributed by atoms with Crippen LogP contribution in [0.4, 0.5) is 0 Å². The standard InChI is InChI=1S/C34H52O4/c1-4-5-6-7-25-8-9-30-21-29(15-14-28(30)20-25)26-10-12-27(13-11-26)33-17-16-31(22-37-33)32(18-19-35)23-38-34(36)24(2)3/h14-15,21,25-27,31-33,35H,2,4-13,16-20,22-23H2,1,3H3. The summed E-state index contributed by atoms with van der Waals surface area (Å²) in [6.07, 6.45) is 17.7. The smallest absolute Gasteiger partial charge is 0.333 e. The van der Waals surface area contributed by atoms with E-state index in [1.54, 1.807) is 23.6 Å². The fourth-order valence-corrected chi connectivity index (χ4v) is 7.32. The van der Waals surface area contributed by atoms with Crippen LogP contribution in [0.2, 0.25) is 0 Å². The summed E-state index contributed by atoms with van der Waals surface area (Å²) in [5, 5.41) is 9.53. The average molecular weight is 525 g/mol. The molecule has 4 nitrogen and oxygen atoms in total. The molecular formula is C34H52O4. The maximum Gasteiger partial charge on any atom is 0.333 e. The highest BCUT2D eigenvalue weighted by molar-refractivity contribution is 5.86. The van der Waals surface area contributed by atoms with Crippen LogP contribution < -0.4 is 0 Å². The predicted molar refractivity (Wildman–Crippen MR) is 154 cm³/mol. The molecule has 0 radical (unpaired) electrons. The Morgan fingerprint density at radius 3 is 2.61 bits per heavy atom. The molecule has 0 aromatic heterocycles. The number of aryl methyl sites for hydroxylation is 1. The molecule has 1 N–H and O–H groups in total. The Bertz CT molecular complexity index is 892. The number of aliphatic hydroxyl groups is 1. The quantitative estimate of drug-likeness (QED) is 0.174. The van der Waals surface area contributed by atoms with Gasteiger partial charge in [-0.25, -0.2) is 4.79 Å². The molecule has 38 heavy (non-hydrogen) atoms. The van der Waals surface area contributed by atoms with Crippen molar-refractivity contribution in [3.05, 3.63) is 47.0 Å². The molecule has 3 aliphatic rings. The van der Waals surface area contributed by atoms with Crippen LogP contribution in [0.1, 0.15) is 114 Å². The van der Waals surface area contributed by atoms with E-state index in [1.807, 2.05) is 0 Å². The largest absolute Gasteiger partial charge is 0.462 e. The molecule has 1 heterocycles. The average Bonchev–Trinajstić information content (AvgIpc) is 2.95. The van der Waals surface area contributed by atoms with Crippen molar-refractivity contribution >= 4 is 5.97 Å². The Morgan fingerprint density at radius 2 is 1.92 bits per heavy atom. The third-order valence-electron chi connectivity index (χ3n) is 9.84. The van der Waals surface area contributed by atoms with Crippen LogP contribution in [0.15, 0.2) is 30.4 Å². The first kappa shape index (κ1) is 29.3. The zero-order valence-corrected chi connectivity index (χ0v) is 24.1. The highest BCUT2D eigenvalue weighted by atomic mass is 16.5. The SMILES string of the molecule is C=C(C)C(=O)OCC(CCO)C1CCC(C2CCC(c3ccc4c(c3)CCC(CCCCC)C4)CC2)OC1. The molecule has 2 fully saturated rings. The minimum atomic E-state index is -0.343. The molecule has 1 saturated heterocycles. The van der Waals surface area contributed by atoms with E-state index in [-0.39, 0.29) is 18.5 Å². The number of carbonyl (C=O) groups excluding carboxylic acids is 1. The summed E-state index contributed by atoms with van der Waals surface area (Å²) in [5.74, 6) is 2.41. The number of carbonyl (C=O) groups is 1. The first-order valence-electron chi connectivity index (χ1n) is 15.6. The summed E-state index contributed by atoms with van der Waals surface area (Å²) < 4.78 is 11.9. The zero-order valence-electron chi connectivity index (χ0n) is 24.1. The van der Waals surface area contributed by atoms with Gasteiger partial charge in [-0.15, -0.1) is 0 Å². The monoisotopic (exact) mass is 524 g/mol. The van der Waals surface area contributed by atoms with Crippen LogP contribution >= 0.6 is 0 Å². The third kappa shape index (κ3) is 7.94. The Balaban J connectivity index is 1.22. The second-order valence-corrected chi connectivity index (χ2v) is 12.6. The minimum absolute atomic E-state index is 0.113. The van der Waals surface area contributed by atoms with Crippen molar-refractivity contribution in [2.24, 2.45) is 23.7 Å². The molecule has 4 atom stereocenters. The maximum absolute atomic E-state index is 11.8. The molecular weight excluding hydrogens is 472 g/mol. The van der Waals surface area contributed by atoms with Crippen molar-refractivity contribution in [3.63, 3.8) is 0 Å². The molecule has 212 valence electrons. The highest BCUT2D eigenvalue weighted by Crippen LogP contribution is 2.42. The van der Waals surface area contributed by atoms with Gasteiger partial charge in [-0.05, 0) is 111 Å². The van der Waals surface area contributed by atoms with Crippen LogP contribution in [0.5, 0.6) is 0 Å². The number of rotatable bonds is 12. The Hall–Kier alpha value is -1.65. The van der Waals surface area contributed by atoms with Crippen LogP contribution in [0.3, 0.4) is 0 Å². The lowest BCUT2D eigenvalue weighted by Gasteiger charge is -2.39. The van der Waals surface area contributed by atoms with Gasteiger partial charge in [0.05, 0.1) is 19.3 Å². The number of ether oxygens (including phenoxy) is 2. The minimum Gasteiger partial charge on any atom is -0.462 e. The van der Waals surface area contributed by atoms with Crippen molar-refractivity contribution in [2.45, 2.75) is 116 Å². The number of benzene rings is 1. The van der Waals surface area contributed by atoms with Gasteiger partial charge in [-0.2, -0.15) is 0 Å². The first-order valence-corrected chi connectivity index (χ1v) is 15.6. The van der Waals surface area contributed by atoms with E-state index in [9.17, 15) is 9.90 Å². The van der Waals surface area contributed by atoms with Crippen molar-refractivity contribution in [3.8, 4) is 0 Å². The van der Waals surface area contributed by atoms with Gasteiger partial charge in [0.2, 0.25) is 0 Å². The van der Waals surface area contributed by atoms with Gasteiger partial charge >= 0.3 is 5.97 Å². The molecule has 2 aliphatic carbocycles. The maximum atomic E-state index is 11.8. The number of aliphatic hydroxyl groups excluding tert-OH is 1. The van der Waals surface area contributed by atoms with E-state index >= 15 is 0 Å². The molecule has 4 unspecified atom stereocenters. The van der Waals surface area contributed by atoms with E-state index in [2.05, 4.69) is 31.7 Å². The van der Waals surface area contributed by atoms with E-state index in [1.165, 1.54) is 70.6 Å². The molecule has 1 aliphatic heterocycles. The van der Waals surface area contributed by atoms with Crippen molar-refractivity contribution in [1.82, 2.24) is 0 Å². The fourth-order valence-electron chi connectivity index (χ4n) is 7.32. The third-order valence-corrected chi connectivity index (χ3v) is 9.84. The van der Waals surface area contributed by atoms with Gasteiger partial charge in [0, 0.05) is 18.1 Å². The molecule has 1 saturated carbocycles. The Morgan fingerprint density at radius 1 is 1.11 bits per heavy atom. The normalized spacial score (nSPS) is 28.3. The van der Waals surface area contributed by atoms with Crippen LogP contribution in [0, 0.1) is 23.7 Å². The zero-order chi connectivity index (χ0) is 26.9. The van der Waals surface area contributed by atoms with Crippen molar-refractivity contribution < 1.29 is 19.4 Å². The van der Waals surface area contributed by atoms with Crippen LogP contribution in [-0.2, 0) is 27.1 Å². The predicted octanol–water partition coefficient (Wildman–Crippen LogP) is 7.56. The lowest BCUT2D eigenvalue weighted by atomic mass is 9.73. The van der Waals surface area contributed by atoms with Gasteiger partial charge < -0.3 is 14.6 Å². The molecule has 1 aromatic carbocycles. The van der Waals surface area contributed by atoms with E-state index in [4.69, 9.17) is 9.47 Å². The molecule has 0 spiro atoms. The first-order chi connectivity index (χ1) is 18.5. The summed E-state index contributed by atoms with van der Waals surface area (Å²) in [6, 6.07) is 7.47. The Kier molecular flexibility index (Phi) is 11.3. The van der Waals surface area contributed by atoms with Crippen molar-refractivity contribution in [2.75, 3.05) is 19.8 Å². The lowest BCUT2D eigenvalue weighted by molar-refractivity contribution is -0.142. The fraction of sp³-hybridized carbons (Fsp3) is 0.735. The molecule has 0 amide bonds. The summed E-state index contributed by atoms with van der Waals surface area (Å²) in [4.78, 5) is 11.8. The molecule has 1 aromatic rings. The second-order valence-electron chi connectivity index (χ2n) is 12.6. The molecule has 0 bridgehead atoms. The number of esters is 1. The van der Waals surface area contributed by atoms with Gasteiger partial charge in [-0.1, -0.05) is 57.4 Å². The summed E-state index contributed by atoms with van der Waals surface area (Å²) in [6.45, 7) is 8.80. The van der Waals surface area contributed by atoms with E-state index < -0.39 is 0 Å². The lowest BCUT2D eigenvalue weighted by Crippen LogP contribution is -2.37. The number of hydrogen-bond donors (Lipinski definition) is 1. The van der Waals surface area contributed by atoms with Gasteiger partial charge in [0.15, 0.2) is 0 Å². The van der Waals surface area contributed by atoms with E-state index in [0.29, 0.717) is 49.1 Å². The van der Waals surface area contributed by atoms with Crippen LogP contribution in [-0.4, -0.2) is 37.0 Å². The van der Waals surface area contributed by atoms with Gasteiger partial charge in [0.25, 0.3) is 0 Å². The topological polar surface area (TPSA) is 55.8 Å². The highest BCUT2D eigenvalue weighted by Gasteiger charge is 2.35. The van der Waals surface area contributed by atoms with Gasteiger partial charge in [-0.3, -0.25) is 0 Å². The number of hydrogen-bond acceptors (Lipinski definition) is 4. The van der Waals surface area contributed by atoms with Crippen LogP contribution in [0.25, 0.3) is 0 Å². The molecule has 4 rings (SSSR count). The number of fused-ring (bicyclic) bond motifs is 1. The summed E-state index contributed by atoms with van der Waals surface area (Å²) >= 11 is 0. The summed E-state index contributed by atoms with van der Waals surface area (Å²) in [5.41, 5.74) is 5.25. The van der Waals surface area contributed by atoms with E-state index in [0.717, 1.165) is 18.8 Å².